The van der Waals surface area contributed by atoms with Gasteiger partial charge in [-0.3, -0.25) is 10.1 Å². The molecule has 3 aromatic rings. The van der Waals surface area contributed by atoms with E-state index in [0.29, 0.717) is 36.2 Å². The van der Waals surface area contributed by atoms with E-state index < -0.39 is 11.9 Å². The fourth-order valence-corrected chi connectivity index (χ4v) is 4.28. The Balaban J connectivity index is 1.94. The van der Waals surface area contributed by atoms with Crippen molar-refractivity contribution >= 4 is 27.5 Å². The molecule has 6 nitrogen and oxygen atoms in total. The van der Waals surface area contributed by atoms with Gasteiger partial charge in [-0.2, -0.15) is 5.10 Å². The lowest BCUT2D eigenvalue weighted by atomic mass is 9.92. The molecule has 2 aromatic carbocycles. The Bertz CT molecular complexity index is 1140. The molecule has 0 amide bonds. The van der Waals surface area contributed by atoms with Crippen LogP contribution >= 0.6 is 15.9 Å². The van der Waals surface area contributed by atoms with Gasteiger partial charge in [0.2, 0.25) is 0 Å². The summed E-state index contributed by atoms with van der Waals surface area (Å²) in [7, 11) is 1.77. The van der Waals surface area contributed by atoms with E-state index in [1.54, 1.807) is 26.2 Å². The highest BCUT2D eigenvalue weighted by molar-refractivity contribution is 9.10. The number of hydrogen-bond acceptors (Lipinski definition) is 5. The molecule has 0 fully saturated rings. The minimum atomic E-state index is -0.899. The Morgan fingerprint density at radius 2 is 2.00 bits per heavy atom. The standard InChI is InChI=1S/C25H29BrFN5O/c1-4-32-24(26)22(25(31-32)30-14-17-8-6-5-7-9-17)12-18(15-29-3)23(28)20-11-10-19(27)13-21(20)16(2)33/h5-11,13,15-16,28-29,33H,4,12,14H2,1-3H3,(H,30,31)/b18-15-,28-23?/t16-/m1/s1. The van der Waals surface area contributed by atoms with E-state index >= 15 is 0 Å². The number of rotatable bonds is 10. The molecule has 4 N–H and O–H groups in total. The lowest BCUT2D eigenvalue weighted by Crippen LogP contribution is -2.14. The highest BCUT2D eigenvalue weighted by Gasteiger charge is 2.21. The summed E-state index contributed by atoms with van der Waals surface area (Å²) in [4.78, 5) is 0. The molecule has 0 unspecified atom stereocenters. The van der Waals surface area contributed by atoms with E-state index in [1.165, 1.54) is 12.1 Å². The average Bonchev–Trinajstić information content (AvgIpc) is 3.11. The van der Waals surface area contributed by atoms with Crippen LogP contribution in [-0.2, 0) is 19.5 Å². The zero-order chi connectivity index (χ0) is 24.0. The molecule has 0 aliphatic carbocycles. The van der Waals surface area contributed by atoms with Gasteiger partial charge in [-0.1, -0.05) is 30.3 Å². The number of hydrogen-bond donors (Lipinski definition) is 4. The van der Waals surface area contributed by atoms with E-state index in [-0.39, 0.29) is 5.71 Å². The van der Waals surface area contributed by atoms with Crippen LogP contribution in [0.5, 0.6) is 0 Å². The van der Waals surface area contributed by atoms with E-state index in [9.17, 15) is 9.50 Å². The monoisotopic (exact) mass is 513 g/mol. The van der Waals surface area contributed by atoms with Crippen molar-refractivity contribution < 1.29 is 9.50 Å². The average molecular weight is 514 g/mol. The fraction of sp³-hybridized carbons (Fsp3) is 0.280. The number of nitrogens with zero attached hydrogens (tertiary/aromatic N) is 2. The van der Waals surface area contributed by atoms with Crippen LogP contribution in [0.3, 0.4) is 0 Å². The summed E-state index contributed by atoms with van der Waals surface area (Å²) in [5, 5.41) is 30.1. The first-order chi connectivity index (χ1) is 15.8. The predicted octanol–water partition coefficient (Wildman–Crippen LogP) is 5.18. The van der Waals surface area contributed by atoms with Gasteiger partial charge in [0.05, 0.1) is 11.8 Å². The Morgan fingerprint density at radius 3 is 2.64 bits per heavy atom. The molecule has 3 rings (SSSR count). The topological polar surface area (TPSA) is 86.0 Å². The first-order valence-corrected chi connectivity index (χ1v) is 11.6. The number of aryl methyl sites for hydroxylation is 1. The number of anilines is 1. The maximum atomic E-state index is 13.8. The number of aromatic nitrogens is 2. The van der Waals surface area contributed by atoms with Gasteiger partial charge >= 0.3 is 0 Å². The molecule has 0 saturated heterocycles. The van der Waals surface area contributed by atoms with Crippen molar-refractivity contribution in [2.24, 2.45) is 0 Å². The zero-order valence-electron chi connectivity index (χ0n) is 19.0. The Hall–Kier alpha value is -2.97. The summed E-state index contributed by atoms with van der Waals surface area (Å²) >= 11 is 3.67. The maximum absolute atomic E-state index is 13.8. The van der Waals surface area contributed by atoms with Crippen molar-refractivity contribution in [2.75, 3.05) is 12.4 Å². The second-order valence-electron chi connectivity index (χ2n) is 7.69. The molecule has 8 heteroatoms. The molecular formula is C25H29BrFN5O. The van der Waals surface area contributed by atoms with Crippen molar-refractivity contribution in [2.45, 2.75) is 39.5 Å². The van der Waals surface area contributed by atoms with Crippen molar-refractivity contribution in [1.29, 1.82) is 5.41 Å². The molecule has 174 valence electrons. The Kier molecular flexibility index (Phi) is 8.41. The van der Waals surface area contributed by atoms with Gasteiger partial charge in [0.15, 0.2) is 5.82 Å². The van der Waals surface area contributed by atoms with Crippen LogP contribution in [0.2, 0.25) is 0 Å². The second kappa shape index (κ2) is 11.2. The lowest BCUT2D eigenvalue weighted by Gasteiger charge is -2.16. The number of aliphatic hydroxyl groups is 1. The highest BCUT2D eigenvalue weighted by Crippen LogP contribution is 2.30. The van der Waals surface area contributed by atoms with Crippen LogP contribution in [0.15, 0.2) is 64.9 Å². The number of halogens is 2. The van der Waals surface area contributed by atoms with Gasteiger partial charge in [-0.05, 0) is 64.7 Å². The molecule has 0 spiro atoms. The third-order valence-electron chi connectivity index (χ3n) is 5.32. The summed E-state index contributed by atoms with van der Waals surface area (Å²) < 4.78 is 16.5. The van der Waals surface area contributed by atoms with Gasteiger partial charge in [-0.25, -0.2) is 4.39 Å². The van der Waals surface area contributed by atoms with Crippen LogP contribution in [0.4, 0.5) is 10.2 Å². The predicted molar refractivity (Wildman–Crippen MR) is 134 cm³/mol. The Morgan fingerprint density at radius 1 is 1.27 bits per heavy atom. The van der Waals surface area contributed by atoms with Gasteiger partial charge in [0.25, 0.3) is 0 Å². The normalized spacial score (nSPS) is 12.5. The molecule has 33 heavy (non-hydrogen) atoms. The lowest BCUT2D eigenvalue weighted by molar-refractivity contribution is 0.198. The van der Waals surface area contributed by atoms with Crippen LogP contribution in [0.25, 0.3) is 0 Å². The summed E-state index contributed by atoms with van der Waals surface area (Å²) in [5.41, 5.74) is 3.82. The molecule has 1 atom stereocenters. The fourth-order valence-electron chi connectivity index (χ4n) is 3.62. The summed E-state index contributed by atoms with van der Waals surface area (Å²) in [6.07, 6.45) is 1.27. The highest BCUT2D eigenvalue weighted by atomic mass is 79.9. The first-order valence-electron chi connectivity index (χ1n) is 10.8. The molecule has 1 aromatic heterocycles. The third kappa shape index (κ3) is 5.89. The zero-order valence-corrected chi connectivity index (χ0v) is 20.6. The minimum absolute atomic E-state index is 0.213. The molecule has 0 radical (unpaired) electrons. The Labute approximate surface area is 202 Å². The van der Waals surface area contributed by atoms with Crippen molar-refractivity contribution in [3.8, 4) is 0 Å². The minimum Gasteiger partial charge on any atom is -0.394 e. The quantitative estimate of drug-likeness (QED) is 0.281. The van der Waals surface area contributed by atoms with E-state index in [2.05, 4.69) is 26.6 Å². The molecule has 0 aliphatic heterocycles. The third-order valence-corrected chi connectivity index (χ3v) is 6.21. The van der Waals surface area contributed by atoms with Crippen molar-refractivity contribution in [3.63, 3.8) is 0 Å². The number of benzene rings is 2. The molecule has 0 aliphatic rings. The summed E-state index contributed by atoms with van der Waals surface area (Å²) in [6, 6.07) is 14.2. The van der Waals surface area contributed by atoms with Gasteiger partial charge in [0, 0.05) is 43.9 Å². The van der Waals surface area contributed by atoms with Crippen LogP contribution in [-0.4, -0.2) is 27.6 Å². The van der Waals surface area contributed by atoms with E-state index in [1.807, 2.05) is 41.9 Å². The van der Waals surface area contributed by atoms with E-state index in [4.69, 9.17) is 10.5 Å². The summed E-state index contributed by atoms with van der Waals surface area (Å²) in [5.74, 6) is 0.290. The van der Waals surface area contributed by atoms with Crippen molar-refractivity contribution in [1.82, 2.24) is 15.1 Å². The van der Waals surface area contributed by atoms with Gasteiger partial charge in [0.1, 0.15) is 10.4 Å². The maximum Gasteiger partial charge on any atom is 0.153 e. The molecule has 0 bridgehead atoms. The number of aliphatic hydroxyl groups excluding tert-OH is 1. The van der Waals surface area contributed by atoms with E-state index in [0.717, 1.165) is 21.5 Å². The number of nitrogens with one attached hydrogen (secondary N) is 3. The first kappa shape index (κ1) is 24.7. The second-order valence-corrected chi connectivity index (χ2v) is 8.44. The molecular weight excluding hydrogens is 485 g/mol. The smallest absolute Gasteiger partial charge is 0.153 e. The van der Waals surface area contributed by atoms with Crippen LogP contribution < -0.4 is 10.6 Å². The molecule has 1 heterocycles. The van der Waals surface area contributed by atoms with Gasteiger partial charge < -0.3 is 15.7 Å². The summed E-state index contributed by atoms with van der Waals surface area (Å²) in [6.45, 7) is 4.89. The van der Waals surface area contributed by atoms with Gasteiger partial charge in [-0.15, -0.1) is 0 Å². The van der Waals surface area contributed by atoms with Crippen LogP contribution in [0, 0.1) is 11.2 Å². The van der Waals surface area contributed by atoms with Crippen molar-refractivity contribution in [3.05, 3.63) is 93.0 Å². The SMILES string of the molecule is CCn1nc(NCc2ccccc2)c(C/C(=C/NC)C(=N)c2ccc(F)cc2[C@@H](C)O)c1Br. The largest absolute Gasteiger partial charge is 0.394 e. The number of allylic oxidation sites excluding steroid dienone is 1. The molecule has 0 saturated carbocycles. The van der Waals surface area contributed by atoms with Crippen LogP contribution in [0.1, 0.15) is 42.2 Å².